The van der Waals surface area contributed by atoms with E-state index in [9.17, 15) is 4.79 Å². The Labute approximate surface area is 135 Å². The summed E-state index contributed by atoms with van der Waals surface area (Å²) in [6, 6.07) is 7.94. The Balaban J connectivity index is 2.13. The van der Waals surface area contributed by atoms with Crippen molar-refractivity contribution in [3.63, 3.8) is 0 Å². The highest BCUT2D eigenvalue weighted by molar-refractivity contribution is 9.10. The number of nitrogens with one attached hydrogen (secondary N) is 1. The van der Waals surface area contributed by atoms with Crippen molar-refractivity contribution >= 4 is 27.5 Å². The summed E-state index contributed by atoms with van der Waals surface area (Å²) in [5.74, 6) is 0.519. The molecule has 21 heavy (non-hydrogen) atoms. The Bertz CT molecular complexity index is 474. The van der Waals surface area contributed by atoms with Crippen molar-refractivity contribution in [2.24, 2.45) is 11.7 Å². The molecule has 1 aliphatic rings. The van der Waals surface area contributed by atoms with Gasteiger partial charge in [0.25, 0.3) is 0 Å². The molecule has 2 rings (SSSR count). The van der Waals surface area contributed by atoms with Crippen LogP contribution in [0.5, 0.6) is 0 Å². The lowest BCUT2D eigenvalue weighted by Gasteiger charge is -2.32. The second-order valence-corrected chi connectivity index (χ2v) is 7.08. The van der Waals surface area contributed by atoms with Crippen LogP contribution < -0.4 is 11.1 Å². The van der Waals surface area contributed by atoms with Gasteiger partial charge in [0.1, 0.15) is 5.54 Å². The van der Waals surface area contributed by atoms with Crippen molar-refractivity contribution in [1.29, 1.82) is 0 Å². The zero-order valence-corrected chi connectivity index (χ0v) is 14.3. The topological polar surface area (TPSA) is 55.1 Å². The monoisotopic (exact) mass is 352 g/mol. The average Bonchev–Trinajstić information content (AvgIpc) is 2.66. The van der Waals surface area contributed by atoms with Crippen LogP contribution in [-0.2, 0) is 4.79 Å². The summed E-state index contributed by atoms with van der Waals surface area (Å²) in [7, 11) is 0. The Morgan fingerprint density at radius 1 is 1.33 bits per heavy atom. The van der Waals surface area contributed by atoms with Crippen molar-refractivity contribution in [3.05, 3.63) is 28.7 Å². The molecule has 1 aliphatic carbocycles. The van der Waals surface area contributed by atoms with Crippen LogP contribution in [0.2, 0.25) is 0 Å². The smallest absolute Gasteiger partial charge is 0.243 e. The zero-order valence-electron chi connectivity index (χ0n) is 12.7. The van der Waals surface area contributed by atoms with E-state index in [4.69, 9.17) is 5.73 Å². The predicted molar refractivity (Wildman–Crippen MR) is 91.2 cm³/mol. The van der Waals surface area contributed by atoms with Gasteiger partial charge in [0.2, 0.25) is 5.91 Å². The van der Waals surface area contributed by atoms with Gasteiger partial charge in [-0.05, 0) is 49.4 Å². The molecule has 0 aliphatic heterocycles. The summed E-state index contributed by atoms with van der Waals surface area (Å²) in [5.41, 5.74) is 6.13. The van der Waals surface area contributed by atoms with Gasteiger partial charge in [0.15, 0.2) is 0 Å². The van der Waals surface area contributed by atoms with E-state index in [0.29, 0.717) is 0 Å². The highest BCUT2D eigenvalue weighted by Gasteiger charge is 2.38. The molecule has 0 heterocycles. The highest BCUT2D eigenvalue weighted by Crippen LogP contribution is 2.35. The minimum Gasteiger partial charge on any atom is -0.371 e. The third-order valence-electron chi connectivity index (χ3n) is 4.59. The lowest BCUT2D eigenvalue weighted by molar-refractivity contribution is -0.122. The molecule has 0 aromatic heterocycles. The molecule has 0 radical (unpaired) electrons. The normalized spacial score (nSPS) is 26.1. The van der Waals surface area contributed by atoms with Crippen LogP contribution in [0.25, 0.3) is 0 Å². The lowest BCUT2D eigenvalue weighted by atomic mass is 9.88. The highest BCUT2D eigenvalue weighted by atomic mass is 79.9. The Kier molecular flexibility index (Phi) is 5.68. The molecule has 4 heteroatoms. The van der Waals surface area contributed by atoms with Crippen molar-refractivity contribution < 1.29 is 4.79 Å². The fraction of sp³-hybridized carbons (Fsp3) is 0.588. The maximum Gasteiger partial charge on any atom is 0.243 e. The van der Waals surface area contributed by atoms with E-state index in [1.54, 1.807) is 0 Å². The molecule has 0 saturated heterocycles. The molecule has 1 amide bonds. The number of hydrogen-bond acceptors (Lipinski definition) is 2. The van der Waals surface area contributed by atoms with Crippen LogP contribution in [0.4, 0.5) is 5.69 Å². The minimum absolute atomic E-state index is 0.220. The molecule has 1 fully saturated rings. The maximum atomic E-state index is 12.1. The van der Waals surface area contributed by atoms with Crippen molar-refractivity contribution in [1.82, 2.24) is 0 Å². The molecule has 0 spiro atoms. The van der Waals surface area contributed by atoms with Crippen molar-refractivity contribution in [2.45, 2.75) is 57.4 Å². The number of rotatable bonds is 5. The molecule has 0 bridgehead atoms. The number of carbonyl (C=O) groups excluding carboxylic acids is 1. The van der Waals surface area contributed by atoms with Gasteiger partial charge >= 0.3 is 0 Å². The lowest BCUT2D eigenvalue weighted by Crippen LogP contribution is -2.50. The quantitative estimate of drug-likeness (QED) is 0.768. The molecule has 2 unspecified atom stereocenters. The fourth-order valence-electron chi connectivity index (χ4n) is 3.35. The van der Waals surface area contributed by atoms with Crippen molar-refractivity contribution in [3.8, 4) is 0 Å². The zero-order chi connectivity index (χ0) is 15.3. The largest absolute Gasteiger partial charge is 0.371 e. The predicted octanol–water partition coefficient (Wildman–Crippen LogP) is 4.47. The number of amides is 1. The second kappa shape index (κ2) is 7.30. The summed E-state index contributed by atoms with van der Waals surface area (Å²) in [5, 5.41) is 3.43. The van der Waals surface area contributed by atoms with E-state index in [0.717, 1.165) is 41.8 Å². The Morgan fingerprint density at radius 2 is 2.05 bits per heavy atom. The first-order valence-electron chi connectivity index (χ1n) is 7.89. The van der Waals surface area contributed by atoms with E-state index in [1.165, 1.54) is 19.3 Å². The summed E-state index contributed by atoms with van der Waals surface area (Å²) in [6.07, 6.45) is 7.51. The number of halogens is 1. The molecular weight excluding hydrogens is 328 g/mol. The van der Waals surface area contributed by atoms with Crippen molar-refractivity contribution in [2.75, 3.05) is 5.32 Å². The molecule has 116 valence electrons. The first kappa shape index (κ1) is 16.3. The maximum absolute atomic E-state index is 12.1. The van der Waals surface area contributed by atoms with Gasteiger partial charge in [-0.1, -0.05) is 48.5 Å². The number of primary amides is 1. The summed E-state index contributed by atoms with van der Waals surface area (Å²) < 4.78 is 1.03. The Morgan fingerprint density at radius 3 is 2.67 bits per heavy atom. The van der Waals surface area contributed by atoms with Crippen LogP contribution in [0.3, 0.4) is 0 Å². The summed E-state index contributed by atoms with van der Waals surface area (Å²) >= 11 is 3.43. The number of benzene rings is 1. The van der Waals surface area contributed by atoms with E-state index in [1.807, 2.05) is 24.3 Å². The first-order valence-corrected chi connectivity index (χ1v) is 8.69. The second-order valence-electron chi connectivity index (χ2n) is 6.16. The average molecular weight is 353 g/mol. The van der Waals surface area contributed by atoms with E-state index >= 15 is 0 Å². The van der Waals surface area contributed by atoms with E-state index < -0.39 is 5.54 Å². The standard InChI is InChI=1S/C17H25BrN2O/c1-2-4-13-5-3-11-17(12-10-13,16(19)21)20-15-8-6-14(18)7-9-15/h6-9,13,20H,2-5,10-12H2,1H3,(H2,19,21). The van der Waals surface area contributed by atoms with Crippen LogP contribution in [0.1, 0.15) is 51.9 Å². The molecule has 2 atom stereocenters. The van der Waals surface area contributed by atoms with Gasteiger partial charge in [0.05, 0.1) is 0 Å². The summed E-state index contributed by atoms with van der Waals surface area (Å²) in [6.45, 7) is 2.23. The van der Waals surface area contributed by atoms with Crippen LogP contribution in [-0.4, -0.2) is 11.4 Å². The number of carbonyl (C=O) groups is 1. The van der Waals surface area contributed by atoms with Gasteiger partial charge in [-0.15, -0.1) is 0 Å². The van der Waals surface area contributed by atoms with Crippen LogP contribution in [0, 0.1) is 5.92 Å². The molecule has 1 saturated carbocycles. The first-order chi connectivity index (χ1) is 10.1. The van der Waals surface area contributed by atoms with Gasteiger partial charge in [0, 0.05) is 10.2 Å². The van der Waals surface area contributed by atoms with Crippen LogP contribution in [0.15, 0.2) is 28.7 Å². The molecular formula is C17H25BrN2O. The Hall–Kier alpha value is -1.03. The third-order valence-corrected chi connectivity index (χ3v) is 5.12. The summed E-state index contributed by atoms with van der Waals surface area (Å²) in [4.78, 5) is 12.1. The molecule has 1 aromatic carbocycles. The number of hydrogen-bond donors (Lipinski definition) is 2. The number of anilines is 1. The van der Waals surface area contributed by atoms with Crippen LogP contribution >= 0.6 is 15.9 Å². The molecule has 3 nitrogen and oxygen atoms in total. The number of nitrogens with two attached hydrogens (primary N) is 1. The molecule has 3 N–H and O–H groups in total. The van der Waals surface area contributed by atoms with Gasteiger partial charge in [-0.25, -0.2) is 0 Å². The van der Waals surface area contributed by atoms with Gasteiger partial charge in [-0.3, -0.25) is 4.79 Å². The third kappa shape index (κ3) is 4.22. The van der Waals surface area contributed by atoms with E-state index in [-0.39, 0.29) is 5.91 Å². The van der Waals surface area contributed by atoms with Gasteiger partial charge < -0.3 is 11.1 Å². The molecule has 1 aromatic rings. The van der Waals surface area contributed by atoms with Gasteiger partial charge in [-0.2, -0.15) is 0 Å². The minimum atomic E-state index is -0.587. The SMILES string of the molecule is CCCC1CCCC(Nc2ccc(Br)cc2)(C(N)=O)CC1. The fourth-order valence-corrected chi connectivity index (χ4v) is 3.62. The van der Waals surface area contributed by atoms with E-state index in [2.05, 4.69) is 28.2 Å².